The van der Waals surface area contributed by atoms with Crippen molar-refractivity contribution in [1.82, 2.24) is 19.8 Å². The van der Waals surface area contributed by atoms with Crippen molar-refractivity contribution in [3.05, 3.63) is 58.1 Å². The van der Waals surface area contributed by atoms with Crippen LogP contribution in [0.3, 0.4) is 0 Å². The van der Waals surface area contributed by atoms with Crippen molar-refractivity contribution in [2.45, 2.75) is 36.2 Å². The van der Waals surface area contributed by atoms with Crippen LogP contribution in [-0.2, 0) is 27.0 Å². The molecule has 0 spiro atoms. The fourth-order valence-electron chi connectivity index (χ4n) is 4.62. The lowest BCUT2D eigenvalue weighted by molar-refractivity contribution is -0.142. The van der Waals surface area contributed by atoms with Crippen LogP contribution in [-0.4, -0.2) is 88.4 Å². The summed E-state index contributed by atoms with van der Waals surface area (Å²) in [7, 11) is -1.66. The van der Waals surface area contributed by atoms with Gasteiger partial charge in [0.1, 0.15) is 35.4 Å². The van der Waals surface area contributed by atoms with E-state index in [9.17, 15) is 18.9 Å². The standard InChI is InChI=1S/C26H32Cl2N4O5S/c27-19-15-20(28)17-22(16-19)38(36)32-9-1-2-24(32)25(33)30-23(26(34)35)14-18-3-5-21(6-4-18)37-13-12-31-10-7-29-8-11-31/h3-6,15-17,23-24,29H,1-2,7-14H2,(H,30,33)(H,34,35)/t23-,24?,38?/m0/s1. The highest BCUT2D eigenvalue weighted by molar-refractivity contribution is 7.82. The van der Waals surface area contributed by atoms with E-state index in [0.717, 1.165) is 38.3 Å². The number of nitrogens with one attached hydrogen (secondary N) is 2. The second kappa shape index (κ2) is 13.7. The van der Waals surface area contributed by atoms with Crippen LogP contribution in [0.2, 0.25) is 10.0 Å². The fourth-order valence-corrected chi connectivity index (χ4v) is 6.73. The van der Waals surface area contributed by atoms with Gasteiger partial charge in [0, 0.05) is 55.7 Å². The van der Waals surface area contributed by atoms with Gasteiger partial charge in [0.05, 0.1) is 4.90 Å². The largest absolute Gasteiger partial charge is 0.492 e. The number of carboxylic acid groups (broad SMARTS) is 1. The Morgan fingerprint density at radius 1 is 1.11 bits per heavy atom. The van der Waals surface area contributed by atoms with Crippen molar-refractivity contribution in [3.63, 3.8) is 0 Å². The Morgan fingerprint density at radius 3 is 2.45 bits per heavy atom. The smallest absolute Gasteiger partial charge is 0.326 e. The Morgan fingerprint density at radius 2 is 1.79 bits per heavy atom. The molecular weight excluding hydrogens is 551 g/mol. The highest BCUT2D eigenvalue weighted by Crippen LogP contribution is 2.27. The van der Waals surface area contributed by atoms with E-state index in [1.165, 1.54) is 0 Å². The molecule has 0 radical (unpaired) electrons. The number of aliphatic carboxylic acids is 1. The topological polar surface area (TPSA) is 111 Å². The number of amides is 1. The van der Waals surface area contributed by atoms with Crippen LogP contribution in [0.5, 0.6) is 5.75 Å². The number of rotatable bonds is 11. The number of benzene rings is 2. The minimum absolute atomic E-state index is 0.113. The molecule has 4 rings (SSSR count). The van der Waals surface area contributed by atoms with Gasteiger partial charge in [-0.15, -0.1) is 0 Å². The van der Waals surface area contributed by atoms with E-state index >= 15 is 0 Å². The van der Waals surface area contributed by atoms with Crippen molar-refractivity contribution in [2.24, 2.45) is 0 Å². The number of carbonyl (C=O) groups is 2. The molecule has 206 valence electrons. The molecule has 0 bridgehead atoms. The van der Waals surface area contributed by atoms with Gasteiger partial charge in [-0.05, 0) is 48.7 Å². The van der Waals surface area contributed by atoms with E-state index in [4.69, 9.17) is 27.9 Å². The average Bonchev–Trinajstić information content (AvgIpc) is 3.39. The zero-order valence-corrected chi connectivity index (χ0v) is 23.2. The summed E-state index contributed by atoms with van der Waals surface area (Å²) >= 11 is 12.1. The number of halogens is 2. The molecule has 2 heterocycles. The first-order valence-electron chi connectivity index (χ1n) is 12.6. The molecule has 2 fully saturated rings. The third kappa shape index (κ3) is 7.91. The van der Waals surface area contributed by atoms with Gasteiger partial charge < -0.3 is 20.5 Å². The van der Waals surface area contributed by atoms with Gasteiger partial charge in [0.2, 0.25) is 5.91 Å². The predicted octanol–water partition coefficient (Wildman–Crippen LogP) is 2.58. The van der Waals surface area contributed by atoms with Gasteiger partial charge in [-0.25, -0.2) is 13.3 Å². The highest BCUT2D eigenvalue weighted by atomic mass is 35.5. The number of carboxylic acids is 1. The molecule has 9 nitrogen and oxygen atoms in total. The van der Waals surface area contributed by atoms with Crippen molar-refractivity contribution in [2.75, 3.05) is 45.9 Å². The third-order valence-electron chi connectivity index (χ3n) is 6.62. The van der Waals surface area contributed by atoms with Crippen molar-refractivity contribution in [1.29, 1.82) is 0 Å². The van der Waals surface area contributed by atoms with Crippen LogP contribution in [0.4, 0.5) is 0 Å². The van der Waals surface area contributed by atoms with Crippen molar-refractivity contribution < 1.29 is 23.6 Å². The highest BCUT2D eigenvalue weighted by Gasteiger charge is 2.36. The van der Waals surface area contributed by atoms with E-state index in [1.54, 1.807) is 22.5 Å². The molecule has 2 unspecified atom stereocenters. The molecule has 2 saturated heterocycles. The van der Waals surface area contributed by atoms with Gasteiger partial charge in [0.15, 0.2) is 0 Å². The molecule has 0 aromatic heterocycles. The maximum atomic E-state index is 13.2. The van der Waals surface area contributed by atoms with Crippen molar-refractivity contribution >= 4 is 46.1 Å². The van der Waals surface area contributed by atoms with Crippen LogP contribution >= 0.6 is 23.2 Å². The lowest BCUT2D eigenvalue weighted by Crippen LogP contribution is -2.50. The van der Waals surface area contributed by atoms with E-state index in [2.05, 4.69) is 15.5 Å². The quantitative estimate of drug-likeness (QED) is 0.373. The van der Waals surface area contributed by atoms with E-state index in [1.807, 2.05) is 24.3 Å². The summed E-state index contributed by atoms with van der Waals surface area (Å²) in [6, 6.07) is 10.0. The van der Waals surface area contributed by atoms with Gasteiger partial charge in [0.25, 0.3) is 0 Å². The molecule has 12 heteroatoms. The van der Waals surface area contributed by atoms with Crippen LogP contribution in [0.25, 0.3) is 0 Å². The molecule has 2 aromatic carbocycles. The number of hydrogen-bond donors (Lipinski definition) is 3. The van der Waals surface area contributed by atoms with E-state index in [0.29, 0.717) is 46.7 Å². The number of nitrogens with zero attached hydrogens (tertiary/aromatic N) is 2. The lowest BCUT2D eigenvalue weighted by atomic mass is 10.1. The van der Waals surface area contributed by atoms with E-state index in [-0.39, 0.29) is 6.42 Å². The molecule has 0 saturated carbocycles. The molecule has 1 amide bonds. The first-order chi connectivity index (χ1) is 18.3. The van der Waals surface area contributed by atoms with Crippen LogP contribution < -0.4 is 15.4 Å². The van der Waals surface area contributed by atoms with Crippen molar-refractivity contribution in [3.8, 4) is 5.75 Å². The normalized spacial score (nSPS) is 20.1. The first kappa shape index (κ1) is 28.8. The first-order valence-corrected chi connectivity index (χ1v) is 14.5. The number of ether oxygens (including phenoxy) is 1. The molecule has 3 atom stereocenters. The summed E-state index contributed by atoms with van der Waals surface area (Å²) in [6.45, 7) is 5.86. The monoisotopic (exact) mass is 582 g/mol. The summed E-state index contributed by atoms with van der Waals surface area (Å²) < 4.78 is 20.6. The summed E-state index contributed by atoms with van der Waals surface area (Å²) in [5.41, 5.74) is 0.757. The summed E-state index contributed by atoms with van der Waals surface area (Å²) in [5, 5.41) is 16.4. The average molecular weight is 584 g/mol. The Hall–Kier alpha value is -2.21. The second-order valence-electron chi connectivity index (χ2n) is 9.34. The van der Waals surface area contributed by atoms with Crippen LogP contribution in [0.15, 0.2) is 47.4 Å². The number of piperazine rings is 1. The summed E-state index contributed by atoms with van der Waals surface area (Å²) in [5.74, 6) is -0.892. The number of carbonyl (C=O) groups excluding carboxylic acids is 1. The molecule has 2 aliphatic heterocycles. The number of hydrogen-bond acceptors (Lipinski definition) is 6. The third-order valence-corrected chi connectivity index (χ3v) is 8.56. The Balaban J connectivity index is 1.32. The minimum Gasteiger partial charge on any atom is -0.492 e. The lowest BCUT2D eigenvalue weighted by Gasteiger charge is -2.26. The summed E-state index contributed by atoms with van der Waals surface area (Å²) in [4.78, 5) is 27.8. The molecular formula is C26H32Cl2N4O5S. The molecule has 2 aromatic rings. The van der Waals surface area contributed by atoms with Gasteiger partial charge in [-0.2, -0.15) is 0 Å². The summed E-state index contributed by atoms with van der Waals surface area (Å²) in [6.07, 6.45) is 1.24. The maximum Gasteiger partial charge on any atom is 0.326 e. The van der Waals surface area contributed by atoms with Gasteiger partial charge in [-0.3, -0.25) is 9.69 Å². The molecule has 0 aliphatic carbocycles. The SMILES string of the molecule is O=C(N[C@@H](Cc1ccc(OCCN2CCNCC2)cc1)C(=O)O)C1CCCN1S(=O)c1cc(Cl)cc(Cl)c1. The fraction of sp³-hybridized carbons (Fsp3) is 0.462. The van der Waals surface area contributed by atoms with Crippen LogP contribution in [0, 0.1) is 0 Å². The van der Waals surface area contributed by atoms with E-state index < -0.39 is 34.9 Å². The van der Waals surface area contributed by atoms with Gasteiger partial charge in [-0.1, -0.05) is 35.3 Å². The van der Waals surface area contributed by atoms with Crippen LogP contribution in [0.1, 0.15) is 18.4 Å². The zero-order chi connectivity index (χ0) is 27.1. The molecule has 3 N–H and O–H groups in total. The Labute approximate surface area is 235 Å². The molecule has 38 heavy (non-hydrogen) atoms. The maximum absolute atomic E-state index is 13.2. The predicted molar refractivity (Wildman–Crippen MR) is 147 cm³/mol. The Bertz CT molecular complexity index is 1130. The molecule has 2 aliphatic rings. The second-order valence-corrected chi connectivity index (χ2v) is 11.7. The zero-order valence-electron chi connectivity index (χ0n) is 20.9. The Kier molecular flexibility index (Phi) is 10.4. The van der Waals surface area contributed by atoms with Gasteiger partial charge >= 0.3 is 5.97 Å². The minimum atomic E-state index is -1.66.